The van der Waals surface area contributed by atoms with Crippen molar-refractivity contribution >= 4 is 34.8 Å². The number of carbonyl (C=O) groups is 2. The Hall–Kier alpha value is -2.42. The van der Waals surface area contributed by atoms with Gasteiger partial charge in [0.2, 0.25) is 0 Å². The first-order chi connectivity index (χ1) is 13.0. The summed E-state index contributed by atoms with van der Waals surface area (Å²) in [6.07, 6.45) is 4.81. The van der Waals surface area contributed by atoms with E-state index in [2.05, 4.69) is 20.6 Å². The van der Waals surface area contributed by atoms with E-state index in [1.807, 2.05) is 0 Å². The first-order valence-electron chi connectivity index (χ1n) is 8.80. The fourth-order valence-corrected chi connectivity index (χ4v) is 3.20. The smallest absolute Gasteiger partial charge is 0.314 e. The van der Waals surface area contributed by atoms with E-state index in [0.717, 1.165) is 13.1 Å². The van der Waals surface area contributed by atoms with Crippen LogP contribution in [0.25, 0.3) is 0 Å². The molecule has 3 rings (SSSR count). The second-order valence-corrected chi connectivity index (χ2v) is 6.97. The van der Waals surface area contributed by atoms with Crippen molar-refractivity contribution in [3.8, 4) is 0 Å². The lowest BCUT2D eigenvalue weighted by Crippen LogP contribution is -2.32. The third kappa shape index (κ3) is 5.78. The van der Waals surface area contributed by atoms with Crippen LogP contribution in [0.3, 0.4) is 0 Å². The largest absolute Gasteiger partial charge is 0.390 e. The molecule has 1 atom stereocenters. The summed E-state index contributed by atoms with van der Waals surface area (Å²) in [6.45, 7) is 2.95. The van der Waals surface area contributed by atoms with Crippen molar-refractivity contribution in [3.63, 3.8) is 0 Å². The zero-order valence-corrected chi connectivity index (χ0v) is 15.5. The van der Waals surface area contributed by atoms with Crippen molar-refractivity contribution in [1.82, 2.24) is 14.7 Å². The molecule has 27 heavy (non-hydrogen) atoms. The van der Waals surface area contributed by atoms with Gasteiger partial charge >= 0.3 is 11.8 Å². The molecule has 2 heterocycles. The van der Waals surface area contributed by atoms with Crippen LogP contribution in [-0.2, 0) is 16.1 Å². The van der Waals surface area contributed by atoms with Gasteiger partial charge < -0.3 is 20.6 Å². The molecule has 3 N–H and O–H groups in total. The zero-order chi connectivity index (χ0) is 19.2. The average molecular weight is 392 g/mol. The molecule has 0 radical (unpaired) electrons. The van der Waals surface area contributed by atoms with Crippen LogP contribution in [-0.4, -0.2) is 57.3 Å². The molecular formula is C18H22ClN5O3. The number of halogens is 1. The van der Waals surface area contributed by atoms with Gasteiger partial charge in [0.25, 0.3) is 0 Å². The van der Waals surface area contributed by atoms with Gasteiger partial charge in [-0.2, -0.15) is 5.10 Å². The lowest BCUT2D eigenvalue weighted by atomic mass is 10.3. The molecule has 0 aliphatic carbocycles. The fraction of sp³-hybridized carbons (Fsp3) is 0.389. The molecule has 1 aliphatic rings. The summed E-state index contributed by atoms with van der Waals surface area (Å²) in [5, 5.41) is 19.7. The fourth-order valence-electron chi connectivity index (χ4n) is 3.01. The van der Waals surface area contributed by atoms with E-state index in [1.165, 1.54) is 19.0 Å². The molecule has 1 fully saturated rings. The number of β-amino-alcohol motifs (C(OH)–C–C–N with tert-alkyl or cyclic N) is 1. The number of rotatable bonds is 6. The molecule has 1 saturated heterocycles. The van der Waals surface area contributed by atoms with Crippen molar-refractivity contribution in [2.24, 2.45) is 0 Å². The molecule has 1 aliphatic heterocycles. The van der Waals surface area contributed by atoms with Crippen molar-refractivity contribution in [3.05, 3.63) is 41.7 Å². The van der Waals surface area contributed by atoms with Crippen molar-refractivity contribution < 1.29 is 14.7 Å². The summed E-state index contributed by atoms with van der Waals surface area (Å²) in [4.78, 5) is 26.2. The third-order valence-corrected chi connectivity index (χ3v) is 4.48. The summed E-state index contributed by atoms with van der Waals surface area (Å²) in [6, 6.07) is 6.53. The van der Waals surface area contributed by atoms with Gasteiger partial charge in [0.1, 0.15) is 0 Å². The summed E-state index contributed by atoms with van der Waals surface area (Å²) >= 11 is 5.85. The number of aliphatic hydroxyl groups is 1. The monoisotopic (exact) mass is 391 g/mol. The minimum Gasteiger partial charge on any atom is -0.390 e. The molecule has 2 aromatic rings. The molecule has 0 unspecified atom stereocenters. The average Bonchev–Trinajstić information content (AvgIpc) is 3.27. The number of anilines is 2. The zero-order valence-electron chi connectivity index (χ0n) is 14.8. The number of aliphatic hydroxyl groups excluding tert-OH is 1. The van der Waals surface area contributed by atoms with Gasteiger partial charge in [-0.3, -0.25) is 14.3 Å². The highest BCUT2D eigenvalue weighted by atomic mass is 35.5. The van der Waals surface area contributed by atoms with E-state index in [9.17, 15) is 14.7 Å². The van der Waals surface area contributed by atoms with Gasteiger partial charge in [-0.1, -0.05) is 17.7 Å². The molecule has 0 spiro atoms. The molecule has 0 bridgehead atoms. The SMILES string of the molecule is O=C(Nc1cccc(Cl)c1)C(=O)Nc1cnn(C[C@H](O)CN2CCCC2)c1. The number of carbonyl (C=O) groups excluding carboxylic acids is 2. The molecule has 2 amide bonds. The number of aromatic nitrogens is 2. The van der Waals surface area contributed by atoms with Crippen LogP contribution in [0.1, 0.15) is 12.8 Å². The number of amides is 2. The number of nitrogens with zero attached hydrogens (tertiary/aromatic N) is 3. The van der Waals surface area contributed by atoms with Crippen LogP contribution >= 0.6 is 11.6 Å². The lowest BCUT2D eigenvalue weighted by molar-refractivity contribution is -0.132. The van der Waals surface area contributed by atoms with Gasteiger partial charge in [0, 0.05) is 23.5 Å². The third-order valence-electron chi connectivity index (χ3n) is 4.25. The Bertz CT molecular complexity index is 804. The van der Waals surface area contributed by atoms with Crippen LogP contribution in [0, 0.1) is 0 Å². The van der Waals surface area contributed by atoms with E-state index >= 15 is 0 Å². The van der Waals surface area contributed by atoms with Gasteiger partial charge in [-0.25, -0.2) is 0 Å². The van der Waals surface area contributed by atoms with E-state index in [0.29, 0.717) is 29.5 Å². The summed E-state index contributed by atoms with van der Waals surface area (Å²) in [7, 11) is 0. The molecule has 144 valence electrons. The topological polar surface area (TPSA) is 99.5 Å². The highest BCUT2D eigenvalue weighted by Gasteiger charge is 2.18. The van der Waals surface area contributed by atoms with Crippen LogP contribution in [0.5, 0.6) is 0 Å². The minimum absolute atomic E-state index is 0.321. The standard InChI is InChI=1S/C18H22ClN5O3/c19-13-4-3-5-14(8-13)21-17(26)18(27)22-15-9-20-24(10-15)12-16(25)11-23-6-1-2-7-23/h3-5,8-10,16,25H,1-2,6-7,11-12H2,(H,21,26)(H,22,27)/t16-/m1/s1. The predicted molar refractivity (Wildman–Crippen MR) is 103 cm³/mol. The molecule has 8 nitrogen and oxygen atoms in total. The quantitative estimate of drug-likeness (QED) is 0.649. The Morgan fingerprint density at radius 2 is 1.85 bits per heavy atom. The number of hydrogen-bond donors (Lipinski definition) is 3. The van der Waals surface area contributed by atoms with Crippen molar-refractivity contribution in [1.29, 1.82) is 0 Å². The van der Waals surface area contributed by atoms with Crippen LogP contribution in [0.15, 0.2) is 36.7 Å². The Balaban J connectivity index is 1.48. The predicted octanol–water partition coefficient (Wildman–Crippen LogP) is 1.57. The summed E-state index contributed by atoms with van der Waals surface area (Å²) < 4.78 is 1.55. The van der Waals surface area contributed by atoms with Gasteiger partial charge in [-0.05, 0) is 44.1 Å². The molecule has 9 heteroatoms. The highest BCUT2D eigenvalue weighted by molar-refractivity contribution is 6.43. The van der Waals surface area contributed by atoms with E-state index in [-0.39, 0.29) is 0 Å². The molecule has 1 aromatic heterocycles. The minimum atomic E-state index is -0.813. The summed E-state index contributed by atoms with van der Waals surface area (Å²) in [5.74, 6) is -1.62. The maximum Gasteiger partial charge on any atom is 0.314 e. The van der Waals surface area contributed by atoms with Crippen molar-refractivity contribution in [2.75, 3.05) is 30.3 Å². The Kier molecular flexibility index (Phi) is 6.44. The Morgan fingerprint density at radius 3 is 2.56 bits per heavy atom. The van der Waals surface area contributed by atoms with Crippen LogP contribution in [0.2, 0.25) is 5.02 Å². The first kappa shape index (κ1) is 19.3. The lowest BCUT2D eigenvalue weighted by Gasteiger charge is -2.19. The molecule has 1 aromatic carbocycles. The van der Waals surface area contributed by atoms with Crippen LogP contribution in [0.4, 0.5) is 11.4 Å². The van der Waals surface area contributed by atoms with E-state index in [1.54, 1.807) is 35.1 Å². The highest BCUT2D eigenvalue weighted by Crippen LogP contribution is 2.15. The number of benzene rings is 1. The number of likely N-dealkylation sites (tertiary alicyclic amines) is 1. The Morgan fingerprint density at radius 1 is 1.15 bits per heavy atom. The molecular weight excluding hydrogens is 370 g/mol. The first-order valence-corrected chi connectivity index (χ1v) is 9.18. The second kappa shape index (κ2) is 8.98. The van der Waals surface area contributed by atoms with Gasteiger partial charge in [-0.15, -0.1) is 0 Å². The number of nitrogens with one attached hydrogen (secondary N) is 2. The molecule has 0 saturated carbocycles. The second-order valence-electron chi connectivity index (χ2n) is 6.53. The maximum atomic E-state index is 12.0. The van der Waals surface area contributed by atoms with Gasteiger partial charge in [0.05, 0.1) is 24.5 Å². The Labute approximate surface area is 162 Å². The van der Waals surface area contributed by atoms with Crippen molar-refractivity contribution in [2.45, 2.75) is 25.5 Å². The van der Waals surface area contributed by atoms with E-state index < -0.39 is 17.9 Å². The summed E-state index contributed by atoms with van der Waals surface area (Å²) in [5.41, 5.74) is 0.818. The van der Waals surface area contributed by atoms with Gasteiger partial charge in [0.15, 0.2) is 0 Å². The van der Waals surface area contributed by atoms with E-state index in [4.69, 9.17) is 11.6 Å². The maximum absolute atomic E-state index is 12.0. The normalized spacial score (nSPS) is 15.5. The number of hydrogen-bond acceptors (Lipinski definition) is 5. The van der Waals surface area contributed by atoms with Crippen LogP contribution < -0.4 is 10.6 Å².